The molecule has 0 amide bonds. The van der Waals surface area contributed by atoms with Crippen LogP contribution in [0.2, 0.25) is 0 Å². The van der Waals surface area contributed by atoms with Crippen LogP contribution in [-0.2, 0) is 11.2 Å². The van der Waals surface area contributed by atoms with Gasteiger partial charge in [0.25, 0.3) is 0 Å². The molecule has 0 saturated heterocycles. The highest BCUT2D eigenvalue weighted by molar-refractivity contribution is 5.44. The molecule has 0 unspecified atom stereocenters. The minimum Gasteiger partial charge on any atom is -0.384 e. The van der Waals surface area contributed by atoms with Gasteiger partial charge in [-0.1, -0.05) is 6.92 Å². The van der Waals surface area contributed by atoms with E-state index in [4.69, 9.17) is 10.5 Å². The van der Waals surface area contributed by atoms with Crippen molar-refractivity contribution >= 4 is 11.6 Å². The van der Waals surface area contributed by atoms with Crippen LogP contribution in [0.4, 0.5) is 11.6 Å². The van der Waals surface area contributed by atoms with E-state index >= 15 is 0 Å². The lowest BCUT2D eigenvalue weighted by molar-refractivity contribution is 0.000637. The maximum Gasteiger partial charge on any atom is 0.133 e. The third-order valence-electron chi connectivity index (χ3n) is 2.50. The summed E-state index contributed by atoms with van der Waals surface area (Å²) in [6.45, 7) is 9.55. The number of hydrogen-bond acceptors (Lipinski definition) is 5. The molecule has 0 bridgehead atoms. The lowest BCUT2D eigenvalue weighted by Gasteiger charge is -2.25. The fourth-order valence-corrected chi connectivity index (χ4v) is 1.69. The Labute approximate surface area is 109 Å². The second-order valence-corrected chi connectivity index (χ2v) is 4.89. The Morgan fingerprint density at radius 2 is 2.06 bits per heavy atom. The van der Waals surface area contributed by atoms with Crippen LogP contribution in [0, 0.1) is 0 Å². The van der Waals surface area contributed by atoms with Gasteiger partial charge >= 0.3 is 0 Å². The zero-order valence-corrected chi connectivity index (χ0v) is 11.8. The van der Waals surface area contributed by atoms with Crippen molar-refractivity contribution in [3.05, 3.63) is 11.9 Å². The molecular formula is C13H24N4O. The van der Waals surface area contributed by atoms with Gasteiger partial charge in [0.1, 0.15) is 17.5 Å². The first kappa shape index (κ1) is 14.7. The van der Waals surface area contributed by atoms with Crippen LogP contribution < -0.4 is 11.1 Å². The predicted molar refractivity (Wildman–Crippen MR) is 74.6 cm³/mol. The second kappa shape index (κ2) is 6.54. The molecule has 0 radical (unpaired) electrons. The summed E-state index contributed by atoms with van der Waals surface area (Å²) in [5.41, 5.74) is 5.54. The largest absolute Gasteiger partial charge is 0.384 e. The van der Waals surface area contributed by atoms with Gasteiger partial charge in [-0.15, -0.1) is 0 Å². The molecule has 1 aromatic rings. The average Bonchev–Trinajstić information content (AvgIpc) is 2.26. The van der Waals surface area contributed by atoms with Gasteiger partial charge in [0.2, 0.25) is 0 Å². The molecular weight excluding hydrogens is 228 g/mol. The van der Waals surface area contributed by atoms with E-state index in [0.29, 0.717) is 19.0 Å². The summed E-state index contributed by atoms with van der Waals surface area (Å²) in [5, 5.41) is 3.25. The summed E-state index contributed by atoms with van der Waals surface area (Å²) in [6, 6.07) is 1.75. The van der Waals surface area contributed by atoms with E-state index in [1.807, 2.05) is 20.8 Å². The van der Waals surface area contributed by atoms with E-state index in [2.05, 4.69) is 22.2 Å². The van der Waals surface area contributed by atoms with Crippen LogP contribution >= 0.6 is 0 Å². The van der Waals surface area contributed by atoms with Crippen molar-refractivity contribution < 1.29 is 4.74 Å². The molecule has 5 nitrogen and oxygen atoms in total. The Morgan fingerprint density at radius 1 is 1.33 bits per heavy atom. The highest BCUT2D eigenvalue weighted by Crippen LogP contribution is 2.13. The minimum absolute atomic E-state index is 0.223. The number of rotatable bonds is 7. The Morgan fingerprint density at radius 3 is 2.67 bits per heavy atom. The smallest absolute Gasteiger partial charge is 0.133 e. The van der Waals surface area contributed by atoms with Crippen LogP contribution in [0.25, 0.3) is 0 Å². The lowest BCUT2D eigenvalue weighted by atomic mass is 10.1. The average molecular weight is 252 g/mol. The van der Waals surface area contributed by atoms with Crippen molar-refractivity contribution in [1.82, 2.24) is 9.97 Å². The van der Waals surface area contributed by atoms with Crippen molar-refractivity contribution in [3.63, 3.8) is 0 Å². The SMILES string of the molecule is CCCc1nc(N)cc(NCC(C)(C)OCC)n1. The summed E-state index contributed by atoms with van der Waals surface area (Å²) >= 11 is 0. The molecule has 0 saturated carbocycles. The number of anilines is 2. The maximum absolute atomic E-state index is 5.77. The molecule has 1 aromatic heterocycles. The zero-order valence-electron chi connectivity index (χ0n) is 11.8. The summed E-state index contributed by atoms with van der Waals surface area (Å²) in [4.78, 5) is 8.63. The Bertz CT molecular complexity index is 379. The summed E-state index contributed by atoms with van der Waals surface area (Å²) in [6.07, 6.45) is 1.85. The van der Waals surface area contributed by atoms with Crippen molar-refractivity contribution in [2.45, 2.75) is 46.1 Å². The summed E-state index contributed by atoms with van der Waals surface area (Å²) in [7, 11) is 0. The van der Waals surface area contributed by atoms with Crippen molar-refractivity contribution in [1.29, 1.82) is 0 Å². The topological polar surface area (TPSA) is 73.1 Å². The first-order valence-corrected chi connectivity index (χ1v) is 6.48. The Balaban J connectivity index is 2.66. The molecule has 0 spiro atoms. The van der Waals surface area contributed by atoms with Gasteiger partial charge in [0.05, 0.1) is 5.60 Å². The lowest BCUT2D eigenvalue weighted by Crippen LogP contribution is -2.33. The van der Waals surface area contributed by atoms with Gasteiger partial charge < -0.3 is 15.8 Å². The van der Waals surface area contributed by atoms with Crippen LogP contribution in [0.1, 0.15) is 39.9 Å². The number of ether oxygens (including phenoxy) is 1. The molecule has 1 rings (SSSR count). The molecule has 5 heteroatoms. The van der Waals surface area contributed by atoms with Crippen molar-refractivity contribution in [3.8, 4) is 0 Å². The monoisotopic (exact) mass is 252 g/mol. The Hall–Kier alpha value is -1.36. The molecule has 0 aliphatic rings. The van der Waals surface area contributed by atoms with Crippen LogP contribution in [0.15, 0.2) is 6.07 Å². The van der Waals surface area contributed by atoms with Gasteiger partial charge in [-0.3, -0.25) is 0 Å². The highest BCUT2D eigenvalue weighted by atomic mass is 16.5. The predicted octanol–water partition coefficient (Wildman–Crippen LogP) is 2.24. The third kappa shape index (κ3) is 4.87. The van der Waals surface area contributed by atoms with Gasteiger partial charge in [-0.25, -0.2) is 9.97 Å². The number of hydrogen-bond donors (Lipinski definition) is 2. The number of aromatic nitrogens is 2. The molecule has 3 N–H and O–H groups in total. The van der Waals surface area contributed by atoms with E-state index in [1.54, 1.807) is 6.07 Å². The molecule has 18 heavy (non-hydrogen) atoms. The zero-order chi connectivity index (χ0) is 13.6. The van der Waals surface area contributed by atoms with E-state index < -0.39 is 0 Å². The second-order valence-electron chi connectivity index (χ2n) is 4.89. The number of nitrogens with two attached hydrogens (primary N) is 1. The minimum atomic E-state index is -0.223. The maximum atomic E-state index is 5.77. The van der Waals surface area contributed by atoms with Crippen LogP contribution in [0.3, 0.4) is 0 Å². The van der Waals surface area contributed by atoms with Gasteiger partial charge in [-0.2, -0.15) is 0 Å². The van der Waals surface area contributed by atoms with Crippen molar-refractivity contribution in [2.75, 3.05) is 24.2 Å². The van der Waals surface area contributed by atoms with E-state index in [0.717, 1.165) is 24.5 Å². The summed E-state index contributed by atoms with van der Waals surface area (Å²) < 4.78 is 5.62. The molecule has 0 aliphatic carbocycles. The fourth-order valence-electron chi connectivity index (χ4n) is 1.69. The summed E-state index contributed by atoms with van der Waals surface area (Å²) in [5.74, 6) is 2.05. The molecule has 1 heterocycles. The number of nitrogens with zero attached hydrogens (tertiary/aromatic N) is 2. The number of nitrogen functional groups attached to an aromatic ring is 1. The fraction of sp³-hybridized carbons (Fsp3) is 0.692. The molecule has 0 aromatic carbocycles. The van der Waals surface area contributed by atoms with Gasteiger partial charge in [-0.05, 0) is 27.2 Å². The molecule has 0 atom stereocenters. The van der Waals surface area contributed by atoms with Crippen molar-refractivity contribution in [2.24, 2.45) is 0 Å². The highest BCUT2D eigenvalue weighted by Gasteiger charge is 2.17. The Kier molecular flexibility index (Phi) is 5.34. The number of nitrogens with one attached hydrogen (secondary N) is 1. The first-order chi connectivity index (χ1) is 8.46. The first-order valence-electron chi connectivity index (χ1n) is 6.48. The normalized spacial score (nSPS) is 11.6. The van der Waals surface area contributed by atoms with Gasteiger partial charge in [0, 0.05) is 25.6 Å². The standard InChI is InChI=1S/C13H24N4O/c1-5-7-11-16-10(14)8-12(17-11)15-9-13(3,4)18-6-2/h8H,5-7,9H2,1-4H3,(H3,14,15,16,17). The van der Waals surface area contributed by atoms with E-state index in [-0.39, 0.29) is 5.60 Å². The quantitative estimate of drug-likeness (QED) is 0.778. The van der Waals surface area contributed by atoms with Crippen LogP contribution in [0.5, 0.6) is 0 Å². The molecule has 0 aliphatic heterocycles. The van der Waals surface area contributed by atoms with Gasteiger partial charge in [0.15, 0.2) is 0 Å². The van der Waals surface area contributed by atoms with E-state index in [9.17, 15) is 0 Å². The molecule has 102 valence electrons. The molecule has 0 fully saturated rings. The van der Waals surface area contributed by atoms with E-state index in [1.165, 1.54) is 0 Å². The van der Waals surface area contributed by atoms with Crippen LogP contribution in [-0.4, -0.2) is 28.7 Å². The third-order valence-corrected chi connectivity index (χ3v) is 2.50. The number of aryl methyl sites for hydroxylation is 1.